The highest BCUT2D eigenvalue weighted by atomic mass is 127. The number of aliphatic imine (C=N–C) groups is 1. The van der Waals surface area contributed by atoms with Crippen LogP contribution in [0.2, 0.25) is 0 Å². The van der Waals surface area contributed by atoms with Gasteiger partial charge >= 0.3 is 0 Å². The fourth-order valence-corrected chi connectivity index (χ4v) is 3.85. The zero-order valence-corrected chi connectivity index (χ0v) is 19.8. The van der Waals surface area contributed by atoms with Gasteiger partial charge < -0.3 is 15.5 Å². The summed E-state index contributed by atoms with van der Waals surface area (Å²) in [5, 5.41) is 6.18. The van der Waals surface area contributed by atoms with Crippen molar-refractivity contribution in [2.45, 2.75) is 38.0 Å². The lowest BCUT2D eigenvalue weighted by molar-refractivity contribution is 0.558. The summed E-state index contributed by atoms with van der Waals surface area (Å²) < 4.78 is 51.4. The van der Waals surface area contributed by atoms with Crippen molar-refractivity contribution in [2.24, 2.45) is 4.99 Å². The molecule has 160 valence electrons. The second-order valence-electron chi connectivity index (χ2n) is 7.58. The molecule has 0 aliphatic carbocycles. The minimum atomic E-state index is -3.22. The molecule has 10 heteroatoms. The smallest absolute Gasteiger partial charge is 0.191 e. The predicted octanol–water partition coefficient (Wildman–Crippen LogP) is 2.54. The van der Waals surface area contributed by atoms with Gasteiger partial charge in [0.15, 0.2) is 15.8 Å². The highest BCUT2D eigenvalue weighted by molar-refractivity contribution is 14.0. The fourth-order valence-electron chi connectivity index (χ4n) is 2.87. The van der Waals surface area contributed by atoms with E-state index in [1.54, 1.807) is 32.7 Å². The van der Waals surface area contributed by atoms with Crippen LogP contribution >= 0.6 is 24.0 Å². The normalized spacial score (nSPS) is 18.0. The SMILES string of the molecule is CN=C(NCCS(=O)(=O)C(C)(C)C)NC1CCN(c2c(F)cccc2F)C1.I. The van der Waals surface area contributed by atoms with Gasteiger partial charge in [-0.15, -0.1) is 24.0 Å². The molecule has 0 spiro atoms. The van der Waals surface area contributed by atoms with E-state index in [-0.39, 0.29) is 48.0 Å². The van der Waals surface area contributed by atoms with E-state index in [4.69, 9.17) is 0 Å². The fraction of sp³-hybridized carbons (Fsp3) is 0.611. The van der Waals surface area contributed by atoms with Gasteiger partial charge in [0.2, 0.25) is 0 Å². The maximum atomic E-state index is 13.9. The Balaban J connectivity index is 0.00000392. The summed E-state index contributed by atoms with van der Waals surface area (Å²) in [5.41, 5.74) is -0.0129. The Morgan fingerprint density at radius 2 is 1.89 bits per heavy atom. The molecule has 1 heterocycles. The van der Waals surface area contributed by atoms with Crippen LogP contribution in [0.5, 0.6) is 0 Å². The van der Waals surface area contributed by atoms with E-state index in [2.05, 4.69) is 15.6 Å². The molecule has 0 saturated carbocycles. The summed E-state index contributed by atoms with van der Waals surface area (Å²) in [6, 6.07) is 3.79. The van der Waals surface area contributed by atoms with Crippen LogP contribution in [0.1, 0.15) is 27.2 Å². The van der Waals surface area contributed by atoms with Crippen LogP contribution in [0.4, 0.5) is 14.5 Å². The van der Waals surface area contributed by atoms with Gasteiger partial charge in [0.05, 0.1) is 10.5 Å². The molecule has 1 aromatic rings. The first-order valence-electron chi connectivity index (χ1n) is 8.93. The Bertz CT molecular complexity index is 777. The van der Waals surface area contributed by atoms with E-state index >= 15 is 0 Å². The number of nitrogens with zero attached hydrogens (tertiary/aromatic N) is 2. The van der Waals surface area contributed by atoms with Gasteiger partial charge in [-0.05, 0) is 39.3 Å². The molecule has 6 nitrogen and oxygen atoms in total. The van der Waals surface area contributed by atoms with E-state index < -0.39 is 26.2 Å². The molecule has 1 aromatic carbocycles. The molecule has 2 rings (SSSR count). The third kappa shape index (κ3) is 6.16. The third-order valence-electron chi connectivity index (χ3n) is 4.60. The second-order valence-corrected chi connectivity index (χ2v) is 10.4. The van der Waals surface area contributed by atoms with Crippen molar-refractivity contribution in [1.82, 2.24) is 10.6 Å². The monoisotopic (exact) mass is 530 g/mol. The average Bonchev–Trinajstić information content (AvgIpc) is 3.00. The number of halogens is 3. The lowest BCUT2D eigenvalue weighted by atomic mass is 10.2. The Hall–Kier alpha value is -1.17. The van der Waals surface area contributed by atoms with E-state index in [1.165, 1.54) is 18.2 Å². The summed E-state index contributed by atoms with van der Waals surface area (Å²) in [6.45, 7) is 6.19. The molecule has 1 unspecified atom stereocenters. The number of nitrogens with one attached hydrogen (secondary N) is 2. The molecule has 1 atom stereocenters. The van der Waals surface area contributed by atoms with Crippen molar-refractivity contribution in [3.63, 3.8) is 0 Å². The quantitative estimate of drug-likeness (QED) is 0.348. The van der Waals surface area contributed by atoms with Gasteiger partial charge in [0.1, 0.15) is 17.3 Å². The molecular formula is C18H29F2IN4O2S. The molecule has 1 aliphatic heterocycles. The van der Waals surface area contributed by atoms with Gasteiger partial charge in [-0.1, -0.05) is 6.07 Å². The lowest BCUT2D eigenvalue weighted by Gasteiger charge is -2.22. The van der Waals surface area contributed by atoms with Crippen molar-refractivity contribution in [3.8, 4) is 0 Å². The first-order valence-corrected chi connectivity index (χ1v) is 10.6. The van der Waals surface area contributed by atoms with E-state index in [0.717, 1.165) is 0 Å². The number of benzene rings is 1. The van der Waals surface area contributed by atoms with Gasteiger partial charge in [0, 0.05) is 32.7 Å². The topological polar surface area (TPSA) is 73.8 Å². The molecule has 0 radical (unpaired) electrons. The standard InChI is InChI=1S/C18H28F2N4O2S.HI/c1-18(2,3)27(25,26)11-9-22-17(21-4)23-13-8-10-24(12-13)16-14(19)6-5-7-15(16)20;/h5-7,13H,8-12H2,1-4H3,(H2,21,22,23);1H. The Labute approximate surface area is 183 Å². The Morgan fingerprint density at radius 1 is 1.29 bits per heavy atom. The molecule has 0 aromatic heterocycles. The third-order valence-corrected chi connectivity index (χ3v) is 7.21. The van der Waals surface area contributed by atoms with Crippen LogP contribution in [-0.4, -0.2) is 57.6 Å². The number of rotatable bonds is 5. The van der Waals surface area contributed by atoms with Crippen LogP contribution in [0.15, 0.2) is 23.2 Å². The van der Waals surface area contributed by atoms with E-state index in [9.17, 15) is 17.2 Å². The molecule has 28 heavy (non-hydrogen) atoms. The zero-order chi connectivity index (χ0) is 20.2. The zero-order valence-electron chi connectivity index (χ0n) is 16.6. The van der Waals surface area contributed by atoms with Gasteiger partial charge in [-0.2, -0.15) is 0 Å². The molecule has 2 N–H and O–H groups in total. The number of hydrogen-bond acceptors (Lipinski definition) is 4. The van der Waals surface area contributed by atoms with Crippen molar-refractivity contribution < 1.29 is 17.2 Å². The highest BCUT2D eigenvalue weighted by Gasteiger charge is 2.29. The van der Waals surface area contributed by atoms with Crippen molar-refractivity contribution in [3.05, 3.63) is 29.8 Å². The largest absolute Gasteiger partial charge is 0.365 e. The van der Waals surface area contributed by atoms with Crippen LogP contribution in [0.3, 0.4) is 0 Å². The minimum Gasteiger partial charge on any atom is -0.365 e. The number of sulfone groups is 1. The van der Waals surface area contributed by atoms with Gasteiger partial charge in [-0.3, -0.25) is 4.99 Å². The molecule has 0 amide bonds. The summed E-state index contributed by atoms with van der Waals surface area (Å²) in [7, 11) is -1.63. The van der Waals surface area contributed by atoms with Gasteiger partial charge in [0.25, 0.3) is 0 Å². The molecule has 1 fully saturated rings. The summed E-state index contributed by atoms with van der Waals surface area (Å²) in [6.07, 6.45) is 0.689. The van der Waals surface area contributed by atoms with Crippen LogP contribution < -0.4 is 15.5 Å². The maximum Gasteiger partial charge on any atom is 0.191 e. The first-order chi connectivity index (χ1) is 12.5. The summed E-state index contributed by atoms with van der Waals surface area (Å²) >= 11 is 0. The number of guanidine groups is 1. The van der Waals surface area contributed by atoms with Crippen molar-refractivity contribution in [2.75, 3.05) is 37.3 Å². The van der Waals surface area contributed by atoms with Crippen LogP contribution in [0.25, 0.3) is 0 Å². The van der Waals surface area contributed by atoms with Crippen LogP contribution in [0, 0.1) is 11.6 Å². The van der Waals surface area contributed by atoms with E-state index in [1.807, 2.05) is 0 Å². The predicted molar refractivity (Wildman–Crippen MR) is 120 cm³/mol. The number of hydrogen-bond donors (Lipinski definition) is 2. The first kappa shape index (κ1) is 24.9. The van der Waals surface area contributed by atoms with Crippen molar-refractivity contribution >= 4 is 45.5 Å². The van der Waals surface area contributed by atoms with Crippen molar-refractivity contribution in [1.29, 1.82) is 0 Å². The number of para-hydroxylation sites is 1. The van der Waals surface area contributed by atoms with E-state index in [0.29, 0.717) is 25.5 Å². The summed E-state index contributed by atoms with van der Waals surface area (Å²) in [5.74, 6) is -0.690. The average molecular weight is 530 g/mol. The summed E-state index contributed by atoms with van der Waals surface area (Å²) in [4.78, 5) is 5.77. The molecule has 1 aliphatic rings. The van der Waals surface area contributed by atoms with Gasteiger partial charge in [-0.25, -0.2) is 17.2 Å². The Morgan fingerprint density at radius 3 is 2.43 bits per heavy atom. The maximum absolute atomic E-state index is 13.9. The van der Waals surface area contributed by atoms with Crippen LogP contribution in [-0.2, 0) is 9.84 Å². The minimum absolute atomic E-state index is 0. The molecule has 1 saturated heterocycles. The lowest BCUT2D eigenvalue weighted by Crippen LogP contribution is -2.46. The highest BCUT2D eigenvalue weighted by Crippen LogP contribution is 2.26. The molecule has 0 bridgehead atoms. The number of anilines is 1. The molecular weight excluding hydrogens is 501 g/mol. The second kappa shape index (κ2) is 10.0. The Kier molecular flexibility index (Phi) is 8.92.